The minimum atomic E-state index is -0.354. The van der Waals surface area contributed by atoms with Crippen LogP contribution in [0.2, 0.25) is 0 Å². The Bertz CT molecular complexity index is 737. The topological polar surface area (TPSA) is 75.4 Å². The van der Waals surface area contributed by atoms with Crippen molar-refractivity contribution in [1.82, 2.24) is 4.90 Å². The summed E-state index contributed by atoms with van der Waals surface area (Å²) >= 11 is 1.46. The molecule has 2 aromatic rings. The van der Waals surface area contributed by atoms with Gasteiger partial charge < -0.3 is 16.0 Å². The molecule has 0 spiro atoms. The summed E-state index contributed by atoms with van der Waals surface area (Å²) in [6, 6.07) is 13.1. The average Bonchev–Trinajstić information content (AvgIpc) is 2.58. The predicted molar refractivity (Wildman–Crippen MR) is 97.9 cm³/mol. The van der Waals surface area contributed by atoms with Crippen molar-refractivity contribution < 1.29 is 14.0 Å². The van der Waals surface area contributed by atoms with Gasteiger partial charge in [-0.3, -0.25) is 4.79 Å². The molecule has 0 aromatic heterocycles. The van der Waals surface area contributed by atoms with Gasteiger partial charge in [0.05, 0.1) is 5.69 Å². The van der Waals surface area contributed by atoms with Gasteiger partial charge in [0.1, 0.15) is 5.82 Å². The molecule has 0 saturated heterocycles. The molecular weight excluding hydrogens is 341 g/mol. The van der Waals surface area contributed by atoms with Crippen molar-refractivity contribution in [2.75, 3.05) is 18.1 Å². The van der Waals surface area contributed by atoms with Crippen LogP contribution in [-0.4, -0.2) is 29.6 Å². The van der Waals surface area contributed by atoms with Crippen molar-refractivity contribution in [3.05, 3.63) is 59.9 Å². The number of amides is 3. The zero-order valence-corrected chi connectivity index (χ0v) is 14.7. The second-order valence-corrected chi connectivity index (χ2v) is 6.61. The Morgan fingerprint density at radius 1 is 1.16 bits per heavy atom. The highest BCUT2D eigenvalue weighted by molar-refractivity contribution is 7.99. The molecule has 0 fully saturated rings. The van der Waals surface area contributed by atoms with Crippen LogP contribution in [0.3, 0.4) is 0 Å². The van der Waals surface area contributed by atoms with E-state index in [1.165, 1.54) is 28.8 Å². The standard InChI is InChI=1S/C18H20FN3O2S/c1-22(12-13-6-8-14(19)9-7-13)18(24)21-15-4-2-3-5-16(15)25-11-10-17(20)23/h2-9H,10-12H2,1H3,(H2,20,23)(H,21,24). The first-order valence-corrected chi connectivity index (χ1v) is 8.71. The molecule has 0 aliphatic heterocycles. The molecular formula is C18H20FN3O2S. The van der Waals surface area contributed by atoms with E-state index in [1.54, 1.807) is 25.2 Å². The Kier molecular flexibility index (Phi) is 6.82. The van der Waals surface area contributed by atoms with Gasteiger partial charge in [0.25, 0.3) is 0 Å². The summed E-state index contributed by atoms with van der Waals surface area (Å²) in [5, 5.41) is 2.86. The Morgan fingerprint density at radius 3 is 2.52 bits per heavy atom. The van der Waals surface area contributed by atoms with Gasteiger partial charge in [0, 0.05) is 30.7 Å². The molecule has 0 radical (unpaired) electrons. The molecule has 0 aliphatic rings. The fourth-order valence-electron chi connectivity index (χ4n) is 2.10. The van der Waals surface area contributed by atoms with Gasteiger partial charge >= 0.3 is 6.03 Å². The fourth-order valence-corrected chi connectivity index (χ4v) is 3.08. The second kappa shape index (κ2) is 9.08. The lowest BCUT2D eigenvalue weighted by Gasteiger charge is -2.19. The van der Waals surface area contributed by atoms with Gasteiger partial charge in [-0.25, -0.2) is 9.18 Å². The molecule has 0 atom stereocenters. The monoisotopic (exact) mass is 361 g/mol. The van der Waals surface area contributed by atoms with Gasteiger partial charge in [-0.05, 0) is 29.8 Å². The molecule has 2 rings (SSSR count). The first-order chi connectivity index (χ1) is 12.0. The van der Waals surface area contributed by atoms with E-state index < -0.39 is 0 Å². The number of benzene rings is 2. The van der Waals surface area contributed by atoms with E-state index >= 15 is 0 Å². The van der Waals surface area contributed by atoms with Gasteiger partial charge in [0.15, 0.2) is 0 Å². The predicted octanol–water partition coefficient (Wildman–Crippen LogP) is 3.46. The maximum absolute atomic E-state index is 12.9. The Morgan fingerprint density at radius 2 is 1.84 bits per heavy atom. The third kappa shape index (κ3) is 6.11. The summed E-state index contributed by atoms with van der Waals surface area (Å²) in [5.41, 5.74) is 6.66. The molecule has 0 heterocycles. The maximum Gasteiger partial charge on any atom is 0.321 e. The van der Waals surface area contributed by atoms with E-state index in [0.29, 0.717) is 18.0 Å². The van der Waals surface area contributed by atoms with E-state index in [0.717, 1.165) is 10.5 Å². The third-order valence-corrected chi connectivity index (χ3v) is 4.49. The zero-order chi connectivity index (χ0) is 18.2. The van der Waals surface area contributed by atoms with Crippen molar-refractivity contribution in [3.63, 3.8) is 0 Å². The molecule has 0 bridgehead atoms. The minimum absolute atomic E-state index is 0.271. The SMILES string of the molecule is CN(Cc1ccc(F)cc1)C(=O)Nc1ccccc1SCCC(N)=O. The van der Waals surface area contributed by atoms with Crippen LogP contribution in [-0.2, 0) is 11.3 Å². The number of anilines is 1. The second-order valence-electron chi connectivity index (χ2n) is 5.47. The molecule has 132 valence electrons. The number of carbonyl (C=O) groups excluding carboxylic acids is 2. The Balaban J connectivity index is 1.97. The lowest BCUT2D eigenvalue weighted by Crippen LogP contribution is -2.31. The number of carbonyl (C=O) groups is 2. The molecule has 3 N–H and O–H groups in total. The lowest BCUT2D eigenvalue weighted by atomic mass is 10.2. The van der Waals surface area contributed by atoms with Crippen LogP contribution in [0, 0.1) is 5.82 Å². The number of para-hydroxylation sites is 1. The lowest BCUT2D eigenvalue weighted by molar-refractivity contribution is -0.117. The normalized spacial score (nSPS) is 10.3. The summed E-state index contributed by atoms with van der Waals surface area (Å²) < 4.78 is 12.9. The third-order valence-electron chi connectivity index (χ3n) is 3.41. The Hall–Kier alpha value is -2.54. The van der Waals surface area contributed by atoms with E-state index in [1.807, 2.05) is 18.2 Å². The first kappa shape index (κ1) is 18.8. The van der Waals surface area contributed by atoms with E-state index in [-0.39, 0.29) is 24.2 Å². The number of primary amides is 1. The number of hydrogen-bond acceptors (Lipinski definition) is 3. The van der Waals surface area contributed by atoms with Crippen LogP contribution in [0.1, 0.15) is 12.0 Å². The average molecular weight is 361 g/mol. The number of halogens is 1. The smallest absolute Gasteiger partial charge is 0.321 e. The first-order valence-electron chi connectivity index (χ1n) is 7.72. The number of urea groups is 1. The molecule has 0 aliphatic carbocycles. The fraction of sp³-hybridized carbons (Fsp3) is 0.222. The number of nitrogens with one attached hydrogen (secondary N) is 1. The highest BCUT2D eigenvalue weighted by Gasteiger charge is 2.12. The van der Waals surface area contributed by atoms with Crippen molar-refractivity contribution in [1.29, 1.82) is 0 Å². The molecule has 25 heavy (non-hydrogen) atoms. The number of rotatable bonds is 7. The van der Waals surface area contributed by atoms with Gasteiger partial charge in [0.2, 0.25) is 5.91 Å². The summed E-state index contributed by atoms with van der Waals surface area (Å²) in [4.78, 5) is 25.6. The highest BCUT2D eigenvalue weighted by atomic mass is 32.2. The van der Waals surface area contributed by atoms with Crippen LogP contribution < -0.4 is 11.1 Å². The van der Waals surface area contributed by atoms with Crippen molar-refractivity contribution in [2.45, 2.75) is 17.9 Å². The van der Waals surface area contributed by atoms with Gasteiger partial charge in [-0.2, -0.15) is 0 Å². The molecule has 0 saturated carbocycles. The minimum Gasteiger partial charge on any atom is -0.370 e. The molecule has 3 amide bonds. The zero-order valence-electron chi connectivity index (χ0n) is 13.9. The van der Waals surface area contributed by atoms with Crippen LogP contribution in [0.5, 0.6) is 0 Å². The maximum atomic E-state index is 12.9. The van der Waals surface area contributed by atoms with Crippen LogP contribution >= 0.6 is 11.8 Å². The van der Waals surface area contributed by atoms with E-state index in [4.69, 9.17) is 5.73 Å². The van der Waals surface area contributed by atoms with Crippen LogP contribution in [0.15, 0.2) is 53.4 Å². The quantitative estimate of drug-likeness (QED) is 0.742. The molecule has 7 heteroatoms. The molecule has 2 aromatic carbocycles. The largest absolute Gasteiger partial charge is 0.370 e. The van der Waals surface area contributed by atoms with Crippen LogP contribution in [0.25, 0.3) is 0 Å². The van der Waals surface area contributed by atoms with Crippen molar-refractivity contribution in [2.24, 2.45) is 5.73 Å². The van der Waals surface area contributed by atoms with Gasteiger partial charge in [-0.1, -0.05) is 24.3 Å². The highest BCUT2D eigenvalue weighted by Crippen LogP contribution is 2.27. The van der Waals surface area contributed by atoms with Crippen molar-refractivity contribution >= 4 is 29.4 Å². The number of hydrogen-bond donors (Lipinski definition) is 2. The molecule has 0 unspecified atom stereocenters. The van der Waals surface area contributed by atoms with E-state index in [2.05, 4.69) is 5.32 Å². The molecule has 5 nitrogen and oxygen atoms in total. The number of nitrogens with two attached hydrogens (primary N) is 1. The summed E-state index contributed by atoms with van der Waals surface area (Å²) in [6.07, 6.45) is 0.275. The summed E-state index contributed by atoms with van der Waals surface area (Å²) in [7, 11) is 1.67. The number of thioether (sulfide) groups is 1. The number of nitrogens with zero attached hydrogens (tertiary/aromatic N) is 1. The van der Waals surface area contributed by atoms with E-state index in [9.17, 15) is 14.0 Å². The summed E-state index contributed by atoms with van der Waals surface area (Å²) in [5.74, 6) is -0.112. The Labute approximate surface area is 150 Å². The van der Waals surface area contributed by atoms with Crippen LogP contribution in [0.4, 0.5) is 14.9 Å². The van der Waals surface area contributed by atoms with Crippen molar-refractivity contribution in [3.8, 4) is 0 Å². The van der Waals surface area contributed by atoms with Gasteiger partial charge in [-0.15, -0.1) is 11.8 Å². The summed E-state index contributed by atoms with van der Waals surface area (Å²) in [6.45, 7) is 0.364.